The molecule has 1 heterocycles. The van der Waals surface area contributed by atoms with Gasteiger partial charge in [0.25, 0.3) is 0 Å². The van der Waals surface area contributed by atoms with Crippen LogP contribution >= 0.6 is 0 Å². The molecule has 3 N–H and O–H groups in total. The van der Waals surface area contributed by atoms with E-state index in [9.17, 15) is 0 Å². The lowest BCUT2D eigenvalue weighted by molar-refractivity contribution is 0.739. The Morgan fingerprint density at radius 2 is 2.17 bits per heavy atom. The van der Waals surface area contributed by atoms with E-state index in [2.05, 4.69) is 20.4 Å². The van der Waals surface area contributed by atoms with Gasteiger partial charge in [-0.3, -0.25) is 9.67 Å². The van der Waals surface area contributed by atoms with Gasteiger partial charge in [0.1, 0.15) is 6.33 Å². The maximum Gasteiger partial charge on any atom is 0.193 e. The second kappa shape index (κ2) is 5.81. The molecule has 0 bridgehead atoms. The summed E-state index contributed by atoms with van der Waals surface area (Å²) < 4.78 is 1.67. The Bertz CT molecular complexity index is 516. The first-order valence-electron chi connectivity index (χ1n) is 5.70. The van der Waals surface area contributed by atoms with E-state index in [1.807, 2.05) is 37.4 Å². The van der Waals surface area contributed by atoms with Gasteiger partial charge >= 0.3 is 0 Å². The van der Waals surface area contributed by atoms with E-state index < -0.39 is 0 Å². The first-order valence-corrected chi connectivity index (χ1v) is 5.70. The molecule has 18 heavy (non-hydrogen) atoms. The van der Waals surface area contributed by atoms with Crippen molar-refractivity contribution in [1.82, 2.24) is 14.8 Å². The highest BCUT2D eigenvalue weighted by Gasteiger charge is 1.98. The largest absolute Gasteiger partial charge is 0.370 e. The van der Waals surface area contributed by atoms with Crippen LogP contribution in [-0.4, -0.2) is 27.3 Å². The fourth-order valence-electron chi connectivity index (χ4n) is 1.48. The Morgan fingerprint density at radius 1 is 1.39 bits per heavy atom. The summed E-state index contributed by atoms with van der Waals surface area (Å²) in [6.45, 7) is 0.565. The molecule has 6 heteroatoms. The summed E-state index contributed by atoms with van der Waals surface area (Å²) in [5, 5.41) is 7.18. The van der Waals surface area contributed by atoms with Crippen LogP contribution in [0.1, 0.15) is 5.82 Å². The van der Waals surface area contributed by atoms with Crippen LogP contribution < -0.4 is 11.1 Å². The molecule has 2 aromatic rings. The zero-order valence-electron chi connectivity index (χ0n) is 10.2. The van der Waals surface area contributed by atoms with Crippen molar-refractivity contribution in [2.75, 3.05) is 11.9 Å². The van der Waals surface area contributed by atoms with Gasteiger partial charge in [0.15, 0.2) is 11.8 Å². The summed E-state index contributed by atoms with van der Waals surface area (Å²) in [5.74, 6) is 1.17. The third-order valence-electron chi connectivity index (χ3n) is 2.31. The van der Waals surface area contributed by atoms with Crippen LogP contribution in [0.15, 0.2) is 41.7 Å². The molecule has 0 spiro atoms. The topological polar surface area (TPSA) is 81.1 Å². The summed E-state index contributed by atoms with van der Waals surface area (Å²) in [7, 11) is 1.84. The number of nitrogens with zero attached hydrogens (tertiary/aromatic N) is 4. The molecule has 0 aliphatic heterocycles. The number of para-hydroxylation sites is 1. The Labute approximate surface area is 106 Å². The molecule has 0 aliphatic rings. The smallest absolute Gasteiger partial charge is 0.193 e. The van der Waals surface area contributed by atoms with E-state index in [1.165, 1.54) is 0 Å². The minimum absolute atomic E-state index is 0.400. The predicted molar refractivity (Wildman–Crippen MR) is 71.3 cm³/mol. The lowest BCUT2D eigenvalue weighted by Crippen LogP contribution is -2.23. The second-order valence-electron chi connectivity index (χ2n) is 3.84. The fraction of sp³-hybridized carbons (Fsp3) is 0.250. The van der Waals surface area contributed by atoms with Gasteiger partial charge in [0, 0.05) is 25.7 Å². The van der Waals surface area contributed by atoms with Crippen LogP contribution in [0.3, 0.4) is 0 Å². The number of hydrogen-bond acceptors (Lipinski definition) is 3. The van der Waals surface area contributed by atoms with Crippen molar-refractivity contribution in [3.8, 4) is 0 Å². The number of anilines is 1. The molecule has 0 saturated carbocycles. The van der Waals surface area contributed by atoms with Crippen molar-refractivity contribution in [2.45, 2.75) is 6.42 Å². The molecule has 2 rings (SSSR count). The highest BCUT2D eigenvalue weighted by molar-refractivity contribution is 5.92. The van der Waals surface area contributed by atoms with E-state index >= 15 is 0 Å². The third kappa shape index (κ3) is 3.58. The van der Waals surface area contributed by atoms with Crippen LogP contribution in [0.2, 0.25) is 0 Å². The zero-order valence-corrected chi connectivity index (χ0v) is 10.2. The highest BCUT2D eigenvalue weighted by Crippen LogP contribution is 2.03. The number of nitrogens with two attached hydrogens (primary N) is 1. The van der Waals surface area contributed by atoms with Crippen molar-refractivity contribution in [2.24, 2.45) is 17.8 Å². The van der Waals surface area contributed by atoms with E-state index in [0.29, 0.717) is 18.9 Å². The second-order valence-corrected chi connectivity index (χ2v) is 3.84. The monoisotopic (exact) mass is 244 g/mol. The number of benzene rings is 1. The number of guanidine groups is 1. The molecular weight excluding hydrogens is 228 g/mol. The maximum atomic E-state index is 5.77. The SMILES string of the molecule is Cn1cnc(CCN=C(N)Nc2ccccc2)n1. The van der Waals surface area contributed by atoms with Crippen LogP contribution in [-0.2, 0) is 13.5 Å². The Hall–Kier alpha value is -2.37. The van der Waals surface area contributed by atoms with Gasteiger partial charge in [0.05, 0.1) is 0 Å². The average molecular weight is 244 g/mol. The van der Waals surface area contributed by atoms with Crippen molar-refractivity contribution in [3.05, 3.63) is 42.5 Å². The molecule has 0 radical (unpaired) electrons. The summed E-state index contributed by atoms with van der Waals surface area (Å²) >= 11 is 0. The Kier molecular flexibility index (Phi) is 3.90. The normalized spacial score (nSPS) is 11.5. The molecule has 0 saturated heterocycles. The predicted octanol–water partition coefficient (Wildman–Crippen LogP) is 0.784. The van der Waals surface area contributed by atoms with Crippen LogP contribution in [0, 0.1) is 0 Å². The van der Waals surface area contributed by atoms with E-state index in [4.69, 9.17) is 5.73 Å². The maximum absolute atomic E-state index is 5.77. The quantitative estimate of drug-likeness (QED) is 0.615. The Balaban J connectivity index is 1.82. The van der Waals surface area contributed by atoms with Gasteiger partial charge in [-0.2, -0.15) is 5.10 Å². The van der Waals surface area contributed by atoms with Gasteiger partial charge in [-0.15, -0.1) is 0 Å². The molecule has 0 atom stereocenters. The van der Waals surface area contributed by atoms with Crippen LogP contribution in [0.25, 0.3) is 0 Å². The van der Waals surface area contributed by atoms with Gasteiger partial charge in [-0.1, -0.05) is 18.2 Å². The minimum atomic E-state index is 0.400. The molecule has 1 aromatic carbocycles. The van der Waals surface area contributed by atoms with Crippen LogP contribution in [0.4, 0.5) is 5.69 Å². The molecule has 0 amide bonds. The highest BCUT2D eigenvalue weighted by atomic mass is 15.3. The molecule has 6 nitrogen and oxygen atoms in total. The molecule has 0 unspecified atom stereocenters. The van der Waals surface area contributed by atoms with Gasteiger partial charge in [-0.05, 0) is 12.1 Å². The molecule has 0 aliphatic carbocycles. The van der Waals surface area contributed by atoms with Gasteiger partial charge < -0.3 is 11.1 Å². The lowest BCUT2D eigenvalue weighted by Gasteiger charge is -2.04. The number of nitrogens with one attached hydrogen (secondary N) is 1. The lowest BCUT2D eigenvalue weighted by atomic mass is 10.3. The fourth-order valence-corrected chi connectivity index (χ4v) is 1.48. The van der Waals surface area contributed by atoms with Crippen LogP contribution in [0.5, 0.6) is 0 Å². The van der Waals surface area contributed by atoms with Crippen molar-refractivity contribution >= 4 is 11.6 Å². The number of hydrogen-bond donors (Lipinski definition) is 2. The molecule has 94 valence electrons. The minimum Gasteiger partial charge on any atom is -0.370 e. The Morgan fingerprint density at radius 3 is 2.83 bits per heavy atom. The average Bonchev–Trinajstić information content (AvgIpc) is 2.76. The van der Waals surface area contributed by atoms with E-state index in [-0.39, 0.29) is 0 Å². The van der Waals surface area contributed by atoms with Crippen molar-refractivity contribution < 1.29 is 0 Å². The van der Waals surface area contributed by atoms with Crippen molar-refractivity contribution in [1.29, 1.82) is 0 Å². The van der Waals surface area contributed by atoms with Gasteiger partial charge in [-0.25, -0.2) is 4.98 Å². The first-order chi connectivity index (χ1) is 8.74. The standard InChI is InChI=1S/C12H16N6/c1-18-9-15-11(17-18)7-8-14-12(13)16-10-5-3-2-4-6-10/h2-6,9H,7-8H2,1H3,(H3,13,14,16). The molecule has 1 aromatic heterocycles. The summed E-state index contributed by atoms with van der Waals surface area (Å²) in [6.07, 6.45) is 2.35. The number of aliphatic imine (C=N–C) groups is 1. The number of rotatable bonds is 4. The van der Waals surface area contributed by atoms with Crippen molar-refractivity contribution in [3.63, 3.8) is 0 Å². The number of aromatic nitrogens is 3. The zero-order chi connectivity index (χ0) is 12.8. The van der Waals surface area contributed by atoms with E-state index in [0.717, 1.165) is 11.5 Å². The first kappa shape index (κ1) is 12.1. The van der Waals surface area contributed by atoms with E-state index in [1.54, 1.807) is 11.0 Å². The molecular formula is C12H16N6. The summed E-state index contributed by atoms with van der Waals surface area (Å²) in [4.78, 5) is 8.34. The van der Waals surface area contributed by atoms with Gasteiger partial charge in [0.2, 0.25) is 0 Å². The summed E-state index contributed by atoms with van der Waals surface area (Å²) in [5.41, 5.74) is 6.69. The summed E-state index contributed by atoms with van der Waals surface area (Å²) in [6, 6.07) is 9.69. The third-order valence-corrected chi connectivity index (χ3v) is 2.31. The molecule has 0 fully saturated rings. The number of aryl methyl sites for hydroxylation is 1.